The summed E-state index contributed by atoms with van der Waals surface area (Å²) in [6.07, 6.45) is 6.31. The molecule has 3 aromatic rings. The highest BCUT2D eigenvalue weighted by Gasteiger charge is 2.20. The van der Waals surface area contributed by atoms with Gasteiger partial charge in [-0.3, -0.25) is 4.90 Å². The molecule has 0 bridgehead atoms. The fourth-order valence-electron chi connectivity index (χ4n) is 3.79. The first-order valence-corrected chi connectivity index (χ1v) is 9.36. The van der Waals surface area contributed by atoms with Crippen LogP contribution >= 0.6 is 0 Å². The smallest absolute Gasteiger partial charge is 0.171 e. The molecule has 136 valence electrons. The number of nitrogens with zero attached hydrogens (tertiary/aromatic N) is 3. The Hall–Kier alpha value is -2.53. The van der Waals surface area contributed by atoms with Crippen molar-refractivity contribution in [1.29, 1.82) is 0 Å². The van der Waals surface area contributed by atoms with Crippen molar-refractivity contribution < 1.29 is 4.74 Å². The number of pyridine rings is 1. The molecule has 5 heteroatoms. The summed E-state index contributed by atoms with van der Waals surface area (Å²) in [7, 11) is 1.71. The number of aromatic amines is 1. The predicted molar refractivity (Wildman–Crippen MR) is 106 cm³/mol. The molecule has 1 N–H and O–H groups in total. The van der Waals surface area contributed by atoms with Crippen LogP contribution in [-0.2, 0) is 6.42 Å². The van der Waals surface area contributed by atoms with Crippen LogP contribution < -0.4 is 9.64 Å². The molecule has 2 aromatic heterocycles. The average Bonchev–Trinajstić information content (AvgIpc) is 3.12. The maximum atomic E-state index is 5.45. The van der Waals surface area contributed by atoms with E-state index in [1.165, 1.54) is 22.9 Å². The lowest BCUT2D eigenvalue weighted by atomic mass is 10.1. The molecular formula is C21H26N4O. The summed E-state index contributed by atoms with van der Waals surface area (Å²) in [4.78, 5) is 12.8. The summed E-state index contributed by atoms with van der Waals surface area (Å²) in [5, 5.41) is 1.36. The van der Waals surface area contributed by atoms with Gasteiger partial charge in [-0.2, -0.15) is 0 Å². The first-order chi connectivity index (χ1) is 12.8. The van der Waals surface area contributed by atoms with Gasteiger partial charge in [0.25, 0.3) is 0 Å². The lowest BCUT2D eigenvalue weighted by Gasteiger charge is -2.35. The summed E-state index contributed by atoms with van der Waals surface area (Å²) in [5.74, 6) is 1.83. The predicted octanol–water partition coefficient (Wildman–Crippen LogP) is 3.33. The molecule has 0 unspecified atom stereocenters. The van der Waals surface area contributed by atoms with E-state index in [1.807, 2.05) is 18.3 Å². The zero-order valence-corrected chi connectivity index (χ0v) is 15.3. The summed E-state index contributed by atoms with van der Waals surface area (Å²) < 4.78 is 5.45. The van der Waals surface area contributed by atoms with Gasteiger partial charge in [0.1, 0.15) is 0 Å². The van der Waals surface area contributed by atoms with Gasteiger partial charge in [-0.05, 0) is 43.1 Å². The van der Waals surface area contributed by atoms with Crippen LogP contribution in [0.3, 0.4) is 0 Å². The van der Waals surface area contributed by atoms with E-state index in [0.29, 0.717) is 0 Å². The molecule has 0 saturated carbocycles. The average molecular weight is 350 g/mol. The Labute approximate surface area is 154 Å². The Balaban J connectivity index is 1.28. The van der Waals surface area contributed by atoms with Gasteiger partial charge in [-0.15, -0.1) is 0 Å². The highest BCUT2D eigenvalue weighted by Crippen LogP contribution is 2.25. The summed E-state index contributed by atoms with van der Waals surface area (Å²) in [5.41, 5.74) is 2.66. The van der Waals surface area contributed by atoms with Crippen molar-refractivity contribution in [2.45, 2.75) is 12.8 Å². The molecule has 1 fully saturated rings. The number of hydrogen-bond acceptors (Lipinski definition) is 4. The third-order valence-electron chi connectivity index (χ3n) is 5.24. The standard InChI is InChI=1S/C21H26N4O/c1-26-20-9-4-10-22-21(20)25-14-12-24(13-15-25)11-5-6-17-16-23-19-8-3-2-7-18(17)19/h2-4,7-10,16,23H,5-6,11-15H2,1H3. The minimum atomic E-state index is 0.861. The van der Waals surface area contributed by atoms with Gasteiger partial charge >= 0.3 is 0 Å². The van der Waals surface area contributed by atoms with Crippen molar-refractivity contribution in [3.63, 3.8) is 0 Å². The maximum Gasteiger partial charge on any atom is 0.171 e. The zero-order valence-electron chi connectivity index (χ0n) is 15.3. The highest BCUT2D eigenvalue weighted by molar-refractivity contribution is 5.82. The van der Waals surface area contributed by atoms with Gasteiger partial charge in [0, 0.05) is 49.5 Å². The number of aryl methyl sites for hydroxylation is 1. The first-order valence-electron chi connectivity index (χ1n) is 9.36. The molecule has 5 nitrogen and oxygen atoms in total. The minimum Gasteiger partial charge on any atom is -0.493 e. The number of ether oxygens (including phenoxy) is 1. The molecule has 0 aliphatic carbocycles. The number of fused-ring (bicyclic) bond motifs is 1. The molecule has 0 spiro atoms. The number of H-pyrrole nitrogens is 1. The lowest BCUT2D eigenvalue weighted by Crippen LogP contribution is -2.47. The second-order valence-electron chi connectivity index (χ2n) is 6.82. The summed E-state index contributed by atoms with van der Waals surface area (Å²) in [6.45, 7) is 5.30. The van der Waals surface area contributed by atoms with Gasteiger partial charge < -0.3 is 14.6 Å². The normalized spacial score (nSPS) is 15.5. The van der Waals surface area contributed by atoms with Crippen LogP contribution in [0.25, 0.3) is 10.9 Å². The number of para-hydroxylation sites is 1. The van der Waals surface area contributed by atoms with E-state index in [-0.39, 0.29) is 0 Å². The molecule has 3 heterocycles. The number of rotatable bonds is 6. The van der Waals surface area contributed by atoms with Crippen molar-refractivity contribution in [1.82, 2.24) is 14.9 Å². The number of methoxy groups -OCH3 is 1. The van der Waals surface area contributed by atoms with Crippen molar-refractivity contribution in [2.24, 2.45) is 0 Å². The molecule has 1 aromatic carbocycles. The number of aromatic nitrogens is 2. The van der Waals surface area contributed by atoms with Crippen LogP contribution in [0.1, 0.15) is 12.0 Å². The fraction of sp³-hybridized carbons (Fsp3) is 0.381. The Morgan fingerprint density at radius 1 is 1.08 bits per heavy atom. The monoisotopic (exact) mass is 350 g/mol. The molecule has 1 saturated heterocycles. The number of benzene rings is 1. The second kappa shape index (κ2) is 7.79. The second-order valence-corrected chi connectivity index (χ2v) is 6.82. The fourth-order valence-corrected chi connectivity index (χ4v) is 3.79. The molecule has 0 atom stereocenters. The lowest BCUT2D eigenvalue weighted by molar-refractivity contribution is 0.253. The third kappa shape index (κ3) is 3.53. The third-order valence-corrected chi connectivity index (χ3v) is 5.24. The SMILES string of the molecule is COc1cccnc1N1CCN(CCCc2c[nH]c3ccccc23)CC1. The van der Waals surface area contributed by atoms with E-state index < -0.39 is 0 Å². The summed E-state index contributed by atoms with van der Waals surface area (Å²) >= 11 is 0. The molecule has 0 radical (unpaired) electrons. The minimum absolute atomic E-state index is 0.861. The van der Waals surface area contributed by atoms with Crippen LogP contribution in [0, 0.1) is 0 Å². The maximum absolute atomic E-state index is 5.45. The van der Waals surface area contributed by atoms with Gasteiger partial charge in [-0.1, -0.05) is 18.2 Å². The van der Waals surface area contributed by atoms with Crippen LogP contribution in [0.2, 0.25) is 0 Å². The molecule has 1 aliphatic heterocycles. The molecule has 4 rings (SSSR count). The Morgan fingerprint density at radius 2 is 1.92 bits per heavy atom. The van der Waals surface area contributed by atoms with Crippen LogP contribution in [0.15, 0.2) is 48.8 Å². The van der Waals surface area contributed by atoms with Crippen LogP contribution in [-0.4, -0.2) is 54.7 Å². The van der Waals surface area contributed by atoms with E-state index in [2.05, 4.69) is 50.2 Å². The molecule has 1 aliphatic rings. The largest absolute Gasteiger partial charge is 0.493 e. The van der Waals surface area contributed by atoms with E-state index in [4.69, 9.17) is 4.74 Å². The van der Waals surface area contributed by atoms with E-state index in [9.17, 15) is 0 Å². The van der Waals surface area contributed by atoms with E-state index in [0.717, 1.165) is 50.7 Å². The Morgan fingerprint density at radius 3 is 2.77 bits per heavy atom. The Kier molecular flexibility index (Phi) is 5.07. The molecular weight excluding hydrogens is 324 g/mol. The zero-order chi connectivity index (χ0) is 17.8. The van der Waals surface area contributed by atoms with E-state index >= 15 is 0 Å². The van der Waals surface area contributed by atoms with Crippen LogP contribution in [0.4, 0.5) is 5.82 Å². The van der Waals surface area contributed by atoms with Crippen LogP contribution in [0.5, 0.6) is 5.75 Å². The van der Waals surface area contributed by atoms with Gasteiger partial charge in [-0.25, -0.2) is 4.98 Å². The Bertz CT molecular complexity index is 852. The van der Waals surface area contributed by atoms with Crippen molar-refractivity contribution in [2.75, 3.05) is 44.7 Å². The quantitative estimate of drug-likeness (QED) is 0.741. The van der Waals surface area contributed by atoms with Crippen molar-refractivity contribution in [3.05, 3.63) is 54.4 Å². The number of hydrogen-bond donors (Lipinski definition) is 1. The van der Waals surface area contributed by atoms with E-state index in [1.54, 1.807) is 7.11 Å². The first kappa shape index (κ1) is 16.9. The summed E-state index contributed by atoms with van der Waals surface area (Å²) in [6, 6.07) is 12.5. The van der Waals surface area contributed by atoms with Gasteiger partial charge in [0.15, 0.2) is 11.6 Å². The number of nitrogens with one attached hydrogen (secondary N) is 1. The van der Waals surface area contributed by atoms with Crippen molar-refractivity contribution in [3.8, 4) is 5.75 Å². The molecule has 0 amide bonds. The number of piperazine rings is 1. The molecule has 26 heavy (non-hydrogen) atoms. The van der Waals surface area contributed by atoms with Crippen molar-refractivity contribution >= 4 is 16.7 Å². The topological polar surface area (TPSA) is 44.4 Å². The van der Waals surface area contributed by atoms with Gasteiger partial charge in [0.05, 0.1) is 7.11 Å². The van der Waals surface area contributed by atoms with Gasteiger partial charge in [0.2, 0.25) is 0 Å². The highest BCUT2D eigenvalue weighted by atomic mass is 16.5. The number of anilines is 1.